The van der Waals surface area contributed by atoms with Gasteiger partial charge in [-0.3, -0.25) is 9.78 Å². The number of aromatic nitrogens is 1. The fraction of sp³-hybridized carbons (Fsp3) is 0.231. The maximum absolute atomic E-state index is 11.4. The van der Waals surface area contributed by atoms with Crippen LogP contribution >= 0.6 is 0 Å². The highest BCUT2D eigenvalue weighted by atomic mass is 16.1. The first-order chi connectivity index (χ1) is 7.72. The molecule has 0 fully saturated rings. The number of pyridine rings is 1. The van der Waals surface area contributed by atoms with Crippen molar-refractivity contribution in [3.05, 3.63) is 36.2 Å². The molecule has 0 atom stereocenters. The number of nitrogens with one attached hydrogen (secondary N) is 1. The van der Waals surface area contributed by atoms with Crippen LogP contribution in [0.4, 0.5) is 5.69 Å². The lowest BCUT2D eigenvalue weighted by atomic mass is 10.1. The number of carbonyl (C=O) groups is 1. The quantitative estimate of drug-likeness (QED) is 0.835. The largest absolute Gasteiger partial charge is 0.326 e. The van der Waals surface area contributed by atoms with Crippen LogP contribution in [0.3, 0.4) is 0 Å². The molecule has 0 saturated heterocycles. The van der Waals surface area contributed by atoms with Gasteiger partial charge in [-0.1, -0.05) is 19.1 Å². The Morgan fingerprint density at radius 1 is 1.31 bits per heavy atom. The van der Waals surface area contributed by atoms with Crippen molar-refractivity contribution in [2.24, 2.45) is 0 Å². The molecule has 82 valence electrons. The van der Waals surface area contributed by atoms with E-state index in [-0.39, 0.29) is 5.91 Å². The summed E-state index contributed by atoms with van der Waals surface area (Å²) in [7, 11) is 0. The molecule has 0 unspecified atom stereocenters. The number of aryl methyl sites for hydroxylation is 1. The highest BCUT2D eigenvalue weighted by Crippen LogP contribution is 2.24. The summed E-state index contributed by atoms with van der Waals surface area (Å²) in [5, 5.41) is 5.01. The monoisotopic (exact) mass is 214 g/mol. The van der Waals surface area contributed by atoms with E-state index in [1.165, 1.54) is 0 Å². The highest BCUT2D eigenvalue weighted by Gasteiger charge is 2.05. The topological polar surface area (TPSA) is 42.0 Å². The van der Waals surface area contributed by atoms with Crippen LogP contribution in [0.1, 0.15) is 19.0 Å². The Morgan fingerprint density at radius 2 is 2.12 bits per heavy atom. The molecule has 1 aromatic heterocycles. The van der Waals surface area contributed by atoms with Gasteiger partial charge < -0.3 is 5.32 Å². The van der Waals surface area contributed by atoms with Gasteiger partial charge in [0.15, 0.2) is 0 Å². The fourth-order valence-electron chi connectivity index (χ4n) is 1.70. The summed E-state index contributed by atoms with van der Waals surface area (Å²) in [4.78, 5) is 15.6. The lowest BCUT2D eigenvalue weighted by molar-refractivity contribution is -0.115. The van der Waals surface area contributed by atoms with E-state index in [9.17, 15) is 4.79 Å². The van der Waals surface area contributed by atoms with Gasteiger partial charge in [0.05, 0.1) is 0 Å². The average Bonchev–Trinajstić information content (AvgIpc) is 2.30. The number of benzene rings is 1. The van der Waals surface area contributed by atoms with Gasteiger partial charge in [0.2, 0.25) is 5.91 Å². The number of rotatable bonds is 2. The molecule has 0 radical (unpaired) electrons. The Morgan fingerprint density at radius 3 is 2.88 bits per heavy atom. The van der Waals surface area contributed by atoms with Crippen molar-refractivity contribution in [1.82, 2.24) is 4.98 Å². The van der Waals surface area contributed by atoms with Crippen LogP contribution in [0.5, 0.6) is 0 Å². The molecule has 0 bridgehead atoms. The molecule has 1 amide bonds. The van der Waals surface area contributed by atoms with Gasteiger partial charge in [-0.2, -0.15) is 0 Å². The number of amides is 1. The molecule has 2 rings (SSSR count). The number of anilines is 1. The predicted molar refractivity (Wildman–Crippen MR) is 65.4 cm³/mol. The van der Waals surface area contributed by atoms with Gasteiger partial charge in [-0.05, 0) is 19.1 Å². The molecule has 0 spiro atoms. The second-order valence-corrected chi connectivity index (χ2v) is 3.70. The second kappa shape index (κ2) is 4.31. The number of carbonyl (C=O) groups excluding carboxylic acids is 1. The standard InChI is InChI=1S/C13H14N2O/c1-3-13(16)15-12-6-4-5-10-9(2)14-8-7-11(10)12/h4-8H,3H2,1-2H3,(H,15,16). The van der Waals surface area contributed by atoms with Gasteiger partial charge in [0.1, 0.15) is 0 Å². The third-order valence-electron chi connectivity index (χ3n) is 2.60. The molecule has 0 aliphatic rings. The third-order valence-corrected chi connectivity index (χ3v) is 2.60. The first kappa shape index (κ1) is 10.6. The Kier molecular flexibility index (Phi) is 2.86. The molecule has 1 N–H and O–H groups in total. The molecule has 2 aromatic rings. The normalized spacial score (nSPS) is 10.4. The zero-order chi connectivity index (χ0) is 11.5. The Labute approximate surface area is 94.5 Å². The Balaban J connectivity index is 2.54. The fourth-order valence-corrected chi connectivity index (χ4v) is 1.70. The van der Waals surface area contributed by atoms with Crippen molar-refractivity contribution in [2.45, 2.75) is 20.3 Å². The van der Waals surface area contributed by atoms with Gasteiger partial charge in [-0.15, -0.1) is 0 Å². The van der Waals surface area contributed by atoms with Crippen LogP contribution in [0.25, 0.3) is 10.8 Å². The van der Waals surface area contributed by atoms with Crippen molar-refractivity contribution in [1.29, 1.82) is 0 Å². The van der Waals surface area contributed by atoms with Crippen molar-refractivity contribution in [3.63, 3.8) is 0 Å². The molecule has 0 saturated carbocycles. The molecule has 3 heteroatoms. The van der Waals surface area contributed by atoms with Crippen molar-refractivity contribution < 1.29 is 4.79 Å². The van der Waals surface area contributed by atoms with E-state index in [0.717, 1.165) is 22.2 Å². The van der Waals surface area contributed by atoms with Crippen LogP contribution in [0.15, 0.2) is 30.5 Å². The summed E-state index contributed by atoms with van der Waals surface area (Å²) >= 11 is 0. The zero-order valence-electron chi connectivity index (χ0n) is 9.45. The van der Waals surface area contributed by atoms with E-state index >= 15 is 0 Å². The highest BCUT2D eigenvalue weighted by molar-refractivity contribution is 6.02. The Hall–Kier alpha value is -1.90. The first-order valence-electron chi connectivity index (χ1n) is 5.36. The summed E-state index contributed by atoms with van der Waals surface area (Å²) in [6, 6.07) is 7.78. The van der Waals surface area contributed by atoms with E-state index < -0.39 is 0 Å². The molecule has 3 nitrogen and oxygen atoms in total. The van der Waals surface area contributed by atoms with E-state index in [1.807, 2.05) is 38.1 Å². The third kappa shape index (κ3) is 1.89. The van der Waals surface area contributed by atoms with Crippen molar-refractivity contribution >= 4 is 22.4 Å². The molecular weight excluding hydrogens is 200 g/mol. The average molecular weight is 214 g/mol. The zero-order valence-corrected chi connectivity index (χ0v) is 9.45. The molecule has 1 heterocycles. The smallest absolute Gasteiger partial charge is 0.224 e. The van der Waals surface area contributed by atoms with Crippen LogP contribution in [-0.2, 0) is 4.79 Å². The number of fused-ring (bicyclic) bond motifs is 1. The van der Waals surface area contributed by atoms with Gasteiger partial charge >= 0.3 is 0 Å². The summed E-state index contributed by atoms with van der Waals surface area (Å²) in [6.07, 6.45) is 2.25. The van der Waals surface area contributed by atoms with Crippen molar-refractivity contribution in [3.8, 4) is 0 Å². The van der Waals surface area contributed by atoms with E-state index in [2.05, 4.69) is 10.3 Å². The summed E-state index contributed by atoms with van der Waals surface area (Å²) < 4.78 is 0. The minimum absolute atomic E-state index is 0.0296. The molecule has 0 aliphatic heterocycles. The maximum Gasteiger partial charge on any atom is 0.224 e. The van der Waals surface area contributed by atoms with E-state index in [4.69, 9.17) is 0 Å². The van der Waals surface area contributed by atoms with Crippen molar-refractivity contribution in [2.75, 3.05) is 5.32 Å². The van der Waals surface area contributed by atoms with Crippen LogP contribution in [0, 0.1) is 6.92 Å². The second-order valence-electron chi connectivity index (χ2n) is 3.70. The maximum atomic E-state index is 11.4. The Bertz CT molecular complexity index is 534. The minimum atomic E-state index is 0.0296. The van der Waals surface area contributed by atoms with Gasteiger partial charge in [0, 0.05) is 34.8 Å². The summed E-state index contributed by atoms with van der Waals surface area (Å²) in [5.74, 6) is 0.0296. The van der Waals surface area contributed by atoms with Gasteiger partial charge in [-0.25, -0.2) is 0 Å². The SMILES string of the molecule is CCC(=O)Nc1cccc2c(C)nccc12. The molecule has 16 heavy (non-hydrogen) atoms. The van der Waals surface area contributed by atoms with E-state index in [1.54, 1.807) is 6.20 Å². The lowest BCUT2D eigenvalue weighted by Crippen LogP contribution is -2.09. The van der Waals surface area contributed by atoms with Crippen LogP contribution in [0.2, 0.25) is 0 Å². The number of nitrogens with zero attached hydrogens (tertiary/aromatic N) is 1. The van der Waals surface area contributed by atoms with Crippen LogP contribution in [-0.4, -0.2) is 10.9 Å². The van der Waals surface area contributed by atoms with Gasteiger partial charge in [0.25, 0.3) is 0 Å². The molecular formula is C13H14N2O. The lowest BCUT2D eigenvalue weighted by Gasteiger charge is -2.08. The first-order valence-corrected chi connectivity index (χ1v) is 5.36. The summed E-state index contributed by atoms with van der Waals surface area (Å²) in [6.45, 7) is 3.81. The predicted octanol–water partition coefficient (Wildman–Crippen LogP) is 2.89. The van der Waals surface area contributed by atoms with E-state index in [0.29, 0.717) is 6.42 Å². The molecule has 0 aliphatic carbocycles. The number of hydrogen-bond donors (Lipinski definition) is 1. The summed E-state index contributed by atoms with van der Waals surface area (Å²) in [5.41, 5.74) is 1.83. The van der Waals surface area contributed by atoms with Crippen LogP contribution < -0.4 is 5.32 Å². The molecule has 1 aromatic carbocycles. The number of hydrogen-bond acceptors (Lipinski definition) is 2. The minimum Gasteiger partial charge on any atom is -0.326 e.